The van der Waals surface area contributed by atoms with Crippen LogP contribution >= 0.6 is 35.6 Å². The quantitative estimate of drug-likeness (QED) is 0.518. The zero-order valence-corrected chi connectivity index (χ0v) is 18.0. The van der Waals surface area contributed by atoms with Gasteiger partial charge in [-0.25, -0.2) is 0 Å². The van der Waals surface area contributed by atoms with Gasteiger partial charge in [0.05, 0.1) is 4.91 Å². The minimum atomic E-state index is -0.715. The summed E-state index contributed by atoms with van der Waals surface area (Å²) in [5.41, 5.74) is 1.79. The van der Waals surface area contributed by atoms with Crippen LogP contribution in [0.3, 0.4) is 0 Å². The smallest absolute Gasteiger partial charge is 0.266 e. The molecule has 1 aliphatic rings. The Morgan fingerprint density at radius 2 is 2.03 bits per heavy atom. The first-order valence-electron chi connectivity index (χ1n) is 8.93. The predicted molar refractivity (Wildman–Crippen MR) is 121 cm³/mol. The summed E-state index contributed by atoms with van der Waals surface area (Å²) in [5.74, 6) is -0.364. The maximum Gasteiger partial charge on any atom is 0.266 e. The summed E-state index contributed by atoms with van der Waals surface area (Å²) in [7, 11) is 0. The molecule has 0 saturated carbocycles. The highest BCUT2D eigenvalue weighted by Gasteiger charge is 2.38. The standard InChI is InChI=1S/C21H19ClN2O3S2/c1-13(19(26)23-10-9-14-5-7-17(25)8-6-14)24-20(27)18(29-21(24)28)12-15-3-2-4-16(22)11-15/h2-8,11-13,25H,9-10H2,1H3,(H,23,26)/b18-12-/t13-/m1/s1. The van der Waals surface area contributed by atoms with Crippen LogP contribution in [0.4, 0.5) is 0 Å². The zero-order chi connectivity index (χ0) is 21.0. The lowest BCUT2D eigenvalue weighted by Gasteiger charge is -2.22. The molecule has 29 heavy (non-hydrogen) atoms. The molecule has 3 rings (SSSR count). The van der Waals surface area contributed by atoms with Crippen LogP contribution in [-0.2, 0) is 16.0 Å². The summed E-state index contributed by atoms with van der Waals surface area (Å²) in [6.45, 7) is 2.07. The van der Waals surface area contributed by atoms with Crippen molar-refractivity contribution in [3.8, 4) is 5.75 Å². The number of thiocarbonyl (C=S) groups is 1. The molecule has 2 aromatic carbocycles. The van der Waals surface area contributed by atoms with Gasteiger partial charge in [0.15, 0.2) is 0 Å². The number of halogens is 1. The number of hydrogen-bond acceptors (Lipinski definition) is 5. The lowest BCUT2D eigenvalue weighted by atomic mass is 10.1. The largest absolute Gasteiger partial charge is 0.508 e. The Hall–Kier alpha value is -2.35. The molecule has 1 heterocycles. The number of aromatic hydroxyl groups is 1. The number of carbonyl (C=O) groups is 2. The van der Waals surface area contributed by atoms with Crippen molar-refractivity contribution in [3.63, 3.8) is 0 Å². The minimum Gasteiger partial charge on any atom is -0.508 e. The first kappa shape index (κ1) is 21.4. The molecule has 0 bridgehead atoms. The normalized spacial score (nSPS) is 16.3. The highest BCUT2D eigenvalue weighted by Crippen LogP contribution is 2.34. The lowest BCUT2D eigenvalue weighted by molar-refractivity contribution is -0.132. The molecular weight excluding hydrogens is 428 g/mol. The number of amides is 2. The van der Waals surface area contributed by atoms with Crippen LogP contribution in [0.25, 0.3) is 6.08 Å². The minimum absolute atomic E-state index is 0.201. The van der Waals surface area contributed by atoms with Crippen LogP contribution in [0.2, 0.25) is 5.02 Å². The Kier molecular flexibility index (Phi) is 6.95. The van der Waals surface area contributed by atoms with Crippen molar-refractivity contribution in [2.75, 3.05) is 6.54 Å². The summed E-state index contributed by atoms with van der Waals surface area (Å²) < 4.78 is 0.351. The Bertz CT molecular complexity index is 976. The predicted octanol–water partition coefficient (Wildman–Crippen LogP) is 3.99. The van der Waals surface area contributed by atoms with Gasteiger partial charge in [0.2, 0.25) is 5.91 Å². The Balaban J connectivity index is 1.61. The molecule has 0 radical (unpaired) electrons. The average molecular weight is 447 g/mol. The molecule has 0 unspecified atom stereocenters. The third-order valence-corrected chi connectivity index (χ3v) is 5.95. The van der Waals surface area contributed by atoms with Gasteiger partial charge in [-0.2, -0.15) is 0 Å². The maximum absolute atomic E-state index is 12.8. The van der Waals surface area contributed by atoms with Crippen molar-refractivity contribution in [1.29, 1.82) is 0 Å². The first-order valence-corrected chi connectivity index (χ1v) is 10.5. The molecule has 2 amide bonds. The van der Waals surface area contributed by atoms with Crippen molar-refractivity contribution >= 4 is 57.8 Å². The van der Waals surface area contributed by atoms with Crippen LogP contribution in [-0.4, -0.2) is 38.7 Å². The number of benzene rings is 2. The van der Waals surface area contributed by atoms with Crippen molar-refractivity contribution in [3.05, 3.63) is 69.6 Å². The van der Waals surface area contributed by atoms with Gasteiger partial charge < -0.3 is 10.4 Å². The zero-order valence-electron chi connectivity index (χ0n) is 15.6. The van der Waals surface area contributed by atoms with Crippen LogP contribution in [0.1, 0.15) is 18.1 Å². The van der Waals surface area contributed by atoms with E-state index in [9.17, 15) is 14.7 Å². The number of thioether (sulfide) groups is 1. The van der Waals surface area contributed by atoms with Gasteiger partial charge in [-0.1, -0.05) is 59.8 Å². The van der Waals surface area contributed by atoms with Crippen LogP contribution in [0, 0.1) is 0 Å². The van der Waals surface area contributed by atoms with Crippen LogP contribution < -0.4 is 5.32 Å². The number of nitrogens with zero attached hydrogens (tertiary/aromatic N) is 1. The second-order valence-electron chi connectivity index (χ2n) is 6.49. The number of phenolic OH excluding ortho intramolecular Hbond substituents is 1. The van der Waals surface area contributed by atoms with Gasteiger partial charge >= 0.3 is 0 Å². The van der Waals surface area contributed by atoms with Gasteiger partial charge in [-0.05, 0) is 54.8 Å². The number of hydrogen-bond donors (Lipinski definition) is 2. The molecule has 150 valence electrons. The van der Waals surface area contributed by atoms with Crippen LogP contribution in [0.15, 0.2) is 53.4 Å². The van der Waals surface area contributed by atoms with E-state index in [1.54, 1.807) is 55.5 Å². The van der Waals surface area contributed by atoms with E-state index in [1.165, 1.54) is 16.7 Å². The van der Waals surface area contributed by atoms with E-state index in [0.29, 0.717) is 27.2 Å². The number of nitrogens with one attached hydrogen (secondary N) is 1. The molecule has 8 heteroatoms. The Morgan fingerprint density at radius 1 is 1.31 bits per heavy atom. The molecule has 2 aromatic rings. The number of phenols is 1. The van der Waals surface area contributed by atoms with Gasteiger partial charge in [-0.3, -0.25) is 14.5 Å². The third kappa shape index (κ3) is 5.38. The van der Waals surface area contributed by atoms with Crippen molar-refractivity contribution < 1.29 is 14.7 Å². The number of carbonyl (C=O) groups excluding carboxylic acids is 2. The van der Waals surface area contributed by atoms with Crippen molar-refractivity contribution in [2.24, 2.45) is 0 Å². The Labute approximate surface area is 183 Å². The molecule has 0 spiro atoms. The molecule has 2 N–H and O–H groups in total. The van der Waals surface area contributed by atoms with Gasteiger partial charge in [-0.15, -0.1) is 0 Å². The van der Waals surface area contributed by atoms with Crippen LogP contribution in [0.5, 0.6) is 5.75 Å². The van der Waals surface area contributed by atoms with E-state index in [2.05, 4.69) is 5.32 Å². The molecule has 0 aromatic heterocycles. The highest BCUT2D eigenvalue weighted by molar-refractivity contribution is 8.26. The molecule has 0 aliphatic carbocycles. The molecule has 1 aliphatic heterocycles. The molecular formula is C21H19ClN2O3S2. The number of rotatable bonds is 6. The van der Waals surface area contributed by atoms with Crippen molar-refractivity contribution in [2.45, 2.75) is 19.4 Å². The van der Waals surface area contributed by atoms with E-state index in [0.717, 1.165) is 11.1 Å². The maximum atomic E-state index is 12.8. The third-order valence-electron chi connectivity index (χ3n) is 4.39. The molecule has 1 saturated heterocycles. The van der Waals surface area contributed by atoms with E-state index in [4.69, 9.17) is 23.8 Å². The summed E-state index contributed by atoms with van der Waals surface area (Å²) in [5, 5.41) is 12.7. The second kappa shape index (κ2) is 9.43. The second-order valence-corrected chi connectivity index (χ2v) is 8.60. The van der Waals surface area contributed by atoms with E-state index >= 15 is 0 Å². The Morgan fingerprint density at radius 3 is 2.72 bits per heavy atom. The van der Waals surface area contributed by atoms with E-state index in [-0.39, 0.29) is 17.6 Å². The fourth-order valence-electron chi connectivity index (χ4n) is 2.82. The molecule has 5 nitrogen and oxygen atoms in total. The fraction of sp³-hybridized carbons (Fsp3) is 0.190. The topological polar surface area (TPSA) is 69.6 Å². The van der Waals surface area contributed by atoms with Gasteiger partial charge in [0, 0.05) is 11.6 Å². The summed E-state index contributed by atoms with van der Waals surface area (Å²) in [6, 6.07) is 13.3. The first-order chi connectivity index (χ1) is 13.8. The van der Waals surface area contributed by atoms with Crippen molar-refractivity contribution in [1.82, 2.24) is 10.2 Å². The van der Waals surface area contributed by atoms with Gasteiger partial charge in [0.25, 0.3) is 5.91 Å². The SMILES string of the molecule is C[C@H](C(=O)NCCc1ccc(O)cc1)N1C(=O)/C(=C/c2cccc(Cl)c2)SC1=S. The fourth-order valence-corrected chi connectivity index (χ4v) is 4.44. The summed E-state index contributed by atoms with van der Waals surface area (Å²) in [4.78, 5) is 27.1. The molecule has 1 fully saturated rings. The summed E-state index contributed by atoms with van der Waals surface area (Å²) >= 11 is 12.5. The highest BCUT2D eigenvalue weighted by atomic mass is 35.5. The average Bonchev–Trinajstić information content (AvgIpc) is 2.96. The van der Waals surface area contributed by atoms with E-state index < -0.39 is 6.04 Å². The lowest BCUT2D eigenvalue weighted by Crippen LogP contribution is -2.47. The summed E-state index contributed by atoms with van der Waals surface area (Å²) in [6.07, 6.45) is 2.34. The molecule has 1 atom stereocenters. The monoisotopic (exact) mass is 446 g/mol. The van der Waals surface area contributed by atoms with E-state index in [1.807, 2.05) is 6.07 Å². The van der Waals surface area contributed by atoms with Gasteiger partial charge in [0.1, 0.15) is 16.1 Å².